The second kappa shape index (κ2) is 10.5. The summed E-state index contributed by atoms with van der Waals surface area (Å²) in [6.45, 7) is 11.5. The van der Waals surface area contributed by atoms with Crippen LogP contribution >= 0.6 is 11.8 Å². The summed E-state index contributed by atoms with van der Waals surface area (Å²) >= 11 is 2.09. The molecule has 98 valence electrons. The molecule has 0 aromatic heterocycles. The van der Waals surface area contributed by atoms with Crippen molar-refractivity contribution < 1.29 is 0 Å². The molecule has 0 aliphatic carbocycles. The summed E-state index contributed by atoms with van der Waals surface area (Å²) in [5.41, 5.74) is 0.564. The highest BCUT2D eigenvalue weighted by Gasteiger charge is 2.26. The van der Waals surface area contributed by atoms with Gasteiger partial charge in [-0.15, -0.1) is 0 Å². The minimum atomic E-state index is 0.564. The van der Waals surface area contributed by atoms with E-state index in [1.165, 1.54) is 50.2 Å². The van der Waals surface area contributed by atoms with Crippen LogP contribution in [0.25, 0.3) is 0 Å². The molecule has 2 heteroatoms. The van der Waals surface area contributed by atoms with Gasteiger partial charge in [0.2, 0.25) is 0 Å². The van der Waals surface area contributed by atoms with Gasteiger partial charge in [-0.3, -0.25) is 0 Å². The Morgan fingerprint density at radius 1 is 1.06 bits per heavy atom. The van der Waals surface area contributed by atoms with Crippen LogP contribution in [0.15, 0.2) is 0 Å². The maximum Gasteiger partial charge on any atom is 0.000788 e. The molecule has 1 atom stereocenters. The van der Waals surface area contributed by atoms with Gasteiger partial charge in [0.25, 0.3) is 0 Å². The van der Waals surface area contributed by atoms with Gasteiger partial charge in [0, 0.05) is 6.54 Å². The molecule has 0 fully saturated rings. The van der Waals surface area contributed by atoms with Crippen molar-refractivity contribution in [2.75, 3.05) is 24.6 Å². The number of thioether (sulfide) groups is 1. The maximum absolute atomic E-state index is 3.57. The van der Waals surface area contributed by atoms with E-state index in [1.807, 2.05) is 0 Å². The molecule has 0 heterocycles. The summed E-state index contributed by atoms with van der Waals surface area (Å²) < 4.78 is 0. The molecule has 16 heavy (non-hydrogen) atoms. The van der Waals surface area contributed by atoms with Crippen molar-refractivity contribution in [3.05, 3.63) is 0 Å². The first-order valence-electron chi connectivity index (χ1n) is 7.03. The third kappa shape index (κ3) is 6.80. The van der Waals surface area contributed by atoms with Crippen molar-refractivity contribution in [1.82, 2.24) is 5.32 Å². The van der Waals surface area contributed by atoms with Crippen molar-refractivity contribution in [3.8, 4) is 0 Å². The Kier molecular flexibility index (Phi) is 10.7. The summed E-state index contributed by atoms with van der Waals surface area (Å²) in [6.07, 6.45) is 6.82. The van der Waals surface area contributed by atoms with Gasteiger partial charge in [-0.05, 0) is 42.7 Å². The lowest BCUT2D eigenvalue weighted by molar-refractivity contribution is 0.225. The highest BCUT2D eigenvalue weighted by Crippen LogP contribution is 2.33. The molecule has 0 spiro atoms. The van der Waals surface area contributed by atoms with Gasteiger partial charge in [-0.25, -0.2) is 0 Å². The van der Waals surface area contributed by atoms with E-state index in [1.54, 1.807) is 0 Å². The molecule has 0 aromatic carbocycles. The van der Waals surface area contributed by atoms with Gasteiger partial charge in [0.1, 0.15) is 0 Å². The summed E-state index contributed by atoms with van der Waals surface area (Å²) in [6, 6.07) is 0. The van der Waals surface area contributed by atoms with Crippen molar-refractivity contribution in [3.63, 3.8) is 0 Å². The van der Waals surface area contributed by atoms with E-state index >= 15 is 0 Å². The van der Waals surface area contributed by atoms with Crippen LogP contribution in [0.5, 0.6) is 0 Å². The van der Waals surface area contributed by atoms with Crippen molar-refractivity contribution in [1.29, 1.82) is 0 Å². The highest BCUT2D eigenvalue weighted by atomic mass is 32.2. The van der Waals surface area contributed by atoms with Gasteiger partial charge in [0.15, 0.2) is 0 Å². The molecule has 0 amide bonds. The molecular formula is C14H31NS. The van der Waals surface area contributed by atoms with E-state index in [0.29, 0.717) is 5.41 Å². The topological polar surface area (TPSA) is 12.0 Å². The Hall–Kier alpha value is 0.310. The second-order valence-corrected chi connectivity index (χ2v) is 6.08. The smallest absolute Gasteiger partial charge is 0.000788 e. The van der Waals surface area contributed by atoms with Crippen molar-refractivity contribution in [2.45, 2.75) is 59.8 Å². The van der Waals surface area contributed by atoms with E-state index < -0.39 is 0 Å². The number of hydrogen-bond acceptors (Lipinski definition) is 2. The van der Waals surface area contributed by atoms with Crippen LogP contribution in [0.1, 0.15) is 59.8 Å². The molecule has 0 saturated heterocycles. The fraction of sp³-hybridized carbons (Fsp3) is 1.00. The molecule has 0 radical (unpaired) electrons. The molecule has 0 saturated carbocycles. The van der Waals surface area contributed by atoms with Crippen LogP contribution in [0.4, 0.5) is 0 Å². The fourth-order valence-corrected chi connectivity index (χ4v) is 3.02. The summed E-state index contributed by atoms with van der Waals surface area (Å²) in [5, 5.41) is 3.57. The van der Waals surface area contributed by atoms with E-state index in [-0.39, 0.29) is 0 Å². The Morgan fingerprint density at radius 2 is 1.81 bits per heavy atom. The first-order valence-corrected chi connectivity index (χ1v) is 8.18. The van der Waals surface area contributed by atoms with Gasteiger partial charge in [-0.2, -0.15) is 11.8 Å². The van der Waals surface area contributed by atoms with E-state index in [9.17, 15) is 0 Å². The average molecular weight is 245 g/mol. The zero-order valence-electron chi connectivity index (χ0n) is 11.8. The number of unbranched alkanes of at least 4 members (excludes halogenated alkanes) is 1. The molecule has 0 aliphatic rings. The lowest BCUT2D eigenvalue weighted by Crippen LogP contribution is -2.34. The van der Waals surface area contributed by atoms with Crippen LogP contribution in [-0.4, -0.2) is 24.6 Å². The molecule has 1 N–H and O–H groups in total. The minimum Gasteiger partial charge on any atom is -0.316 e. The van der Waals surface area contributed by atoms with Crippen LogP contribution in [-0.2, 0) is 0 Å². The van der Waals surface area contributed by atoms with Crippen LogP contribution in [0.2, 0.25) is 0 Å². The first-order chi connectivity index (χ1) is 7.74. The standard InChI is InChI=1S/C14H31NS/c1-5-9-10-14(6-2,13-15-7-3)11-12-16-8-4/h15H,5-13H2,1-4H3. The fourth-order valence-electron chi connectivity index (χ4n) is 2.16. The summed E-state index contributed by atoms with van der Waals surface area (Å²) in [4.78, 5) is 0. The Balaban J connectivity index is 4.16. The third-order valence-electron chi connectivity index (χ3n) is 3.54. The Labute approximate surface area is 107 Å². The number of nitrogens with one attached hydrogen (secondary N) is 1. The van der Waals surface area contributed by atoms with Crippen LogP contribution in [0, 0.1) is 5.41 Å². The van der Waals surface area contributed by atoms with E-state index in [4.69, 9.17) is 0 Å². The van der Waals surface area contributed by atoms with Crippen molar-refractivity contribution >= 4 is 11.8 Å². The average Bonchev–Trinajstić information content (AvgIpc) is 2.32. The van der Waals surface area contributed by atoms with Gasteiger partial charge in [-0.1, -0.05) is 40.5 Å². The largest absolute Gasteiger partial charge is 0.316 e. The zero-order chi connectivity index (χ0) is 12.3. The molecular weight excluding hydrogens is 214 g/mol. The third-order valence-corrected chi connectivity index (χ3v) is 4.44. The Bertz CT molecular complexity index is 140. The first kappa shape index (κ1) is 16.3. The monoisotopic (exact) mass is 245 g/mol. The van der Waals surface area contributed by atoms with Gasteiger partial charge >= 0.3 is 0 Å². The Morgan fingerprint density at radius 3 is 2.31 bits per heavy atom. The van der Waals surface area contributed by atoms with Gasteiger partial charge < -0.3 is 5.32 Å². The predicted molar refractivity (Wildman–Crippen MR) is 78.4 cm³/mol. The van der Waals surface area contributed by atoms with Crippen LogP contribution < -0.4 is 5.32 Å². The zero-order valence-corrected chi connectivity index (χ0v) is 12.6. The van der Waals surface area contributed by atoms with E-state index in [0.717, 1.165) is 6.54 Å². The predicted octanol–water partition coefficient (Wildman–Crippen LogP) is 4.33. The van der Waals surface area contributed by atoms with Crippen molar-refractivity contribution in [2.24, 2.45) is 5.41 Å². The highest BCUT2D eigenvalue weighted by molar-refractivity contribution is 7.99. The summed E-state index contributed by atoms with van der Waals surface area (Å²) in [7, 11) is 0. The summed E-state index contributed by atoms with van der Waals surface area (Å²) in [5.74, 6) is 2.59. The normalized spacial score (nSPS) is 15.0. The van der Waals surface area contributed by atoms with Gasteiger partial charge in [0.05, 0.1) is 0 Å². The number of hydrogen-bond donors (Lipinski definition) is 1. The lowest BCUT2D eigenvalue weighted by Gasteiger charge is -2.33. The maximum atomic E-state index is 3.57. The molecule has 0 aliphatic heterocycles. The molecule has 1 unspecified atom stereocenters. The minimum absolute atomic E-state index is 0.564. The lowest BCUT2D eigenvalue weighted by atomic mass is 9.77. The second-order valence-electron chi connectivity index (χ2n) is 4.68. The van der Waals surface area contributed by atoms with Crippen LogP contribution in [0.3, 0.4) is 0 Å². The molecule has 0 bridgehead atoms. The number of rotatable bonds is 11. The SMILES string of the molecule is CCCCC(CC)(CCSCC)CNCC. The molecule has 1 nitrogen and oxygen atoms in total. The van der Waals surface area contributed by atoms with E-state index in [2.05, 4.69) is 44.8 Å². The quantitative estimate of drug-likeness (QED) is 0.544. The molecule has 0 rings (SSSR count). The molecule has 0 aromatic rings.